The van der Waals surface area contributed by atoms with Crippen molar-refractivity contribution in [1.82, 2.24) is 9.78 Å². The van der Waals surface area contributed by atoms with E-state index in [2.05, 4.69) is 5.10 Å². The Morgan fingerprint density at radius 2 is 2.12 bits per heavy atom. The second-order valence-electron chi connectivity index (χ2n) is 5.70. The third-order valence-corrected chi connectivity index (χ3v) is 3.99. The standard InChI is InChI=1S/C17H20N2O5/c1-3-22-17(21)8-12(6-13-9-16(20)19(2)18-13)11-4-5-14-15(7-11)24-10-23-14/h4-5,7,9,12,18H,3,6,8,10H2,1-2H3. The molecule has 1 aliphatic rings. The summed E-state index contributed by atoms with van der Waals surface area (Å²) in [6, 6.07) is 7.18. The van der Waals surface area contributed by atoms with E-state index >= 15 is 0 Å². The highest BCUT2D eigenvalue weighted by Gasteiger charge is 2.22. The smallest absolute Gasteiger partial charge is 0.306 e. The van der Waals surface area contributed by atoms with Gasteiger partial charge in [-0.05, 0) is 37.0 Å². The minimum absolute atomic E-state index is 0.106. The van der Waals surface area contributed by atoms with E-state index in [-0.39, 0.29) is 30.7 Å². The minimum atomic E-state index is -0.265. The Kier molecular flexibility index (Phi) is 4.59. The number of carbonyl (C=O) groups excluding carboxylic acids is 1. The predicted octanol–water partition coefficient (Wildman–Crippen LogP) is 1.72. The second kappa shape index (κ2) is 6.82. The molecule has 2 aromatic rings. The van der Waals surface area contributed by atoms with E-state index in [1.54, 1.807) is 20.0 Å². The zero-order chi connectivity index (χ0) is 17.1. The highest BCUT2D eigenvalue weighted by molar-refractivity contribution is 5.70. The number of fused-ring (bicyclic) bond motifs is 1. The largest absolute Gasteiger partial charge is 0.466 e. The summed E-state index contributed by atoms with van der Waals surface area (Å²) in [6.45, 7) is 2.32. The van der Waals surface area contributed by atoms with E-state index in [0.717, 1.165) is 11.3 Å². The SMILES string of the molecule is CCOC(=O)CC(Cc1cc(=O)n(C)[nH]1)c1ccc2c(c1)OCO2. The summed E-state index contributed by atoms with van der Waals surface area (Å²) in [6.07, 6.45) is 0.749. The van der Waals surface area contributed by atoms with Gasteiger partial charge in [-0.1, -0.05) is 6.07 Å². The highest BCUT2D eigenvalue weighted by Crippen LogP contribution is 2.36. The predicted molar refractivity (Wildman–Crippen MR) is 86.3 cm³/mol. The lowest BCUT2D eigenvalue weighted by Crippen LogP contribution is -2.13. The van der Waals surface area contributed by atoms with Crippen molar-refractivity contribution in [3.63, 3.8) is 0 Å². The number of aryl methyl sites for hydroxylation is 1. The Morgan fingerprint density at radius 1 is 1.33 bits per heavy atom. The van der Waals surface area contributed by atoms with Crippen LogP contribution in [0.4, 0.5) is 0 Å². The number of hydrogen-bond donors (Lipinski definition) is 1. The molecule has 0 spiro atoms. The third-order valence-electron chi connectivity index (χ3n) is 3.99. The lowest BCUT2D eigenvalue weighted by Gasteiger charge is -2.16. The van der Waals surface area contributed by atoms with Crippen molar-refractivity contribution in [1.29, 1.82) is 0 Å². The van der Waals surface area contributed by atoms with Gasteiger partial charge in [0, 0.05) is 18.8 Å². The second-order valence-corrected chi connectivity index (χ2v) is 5.70. The van der Waals surface area contributed by atoms with Crippen LogP contribution in [0.25, 0.3) is 0 Å². The molecule has 1 N–H and O–H groups in total. The van der Waals surface area contributed by atoms with Gasteiger partial charge in [0.1, 0.15) is 0 Å². The molecule has 128 valence electrons. The molecule has 24 heavy (non-hydrogen) atoms. The van der Waals surface area contributed by atoms with Crippen molar-refractivity contribution >= 4 is 5.97 Å². The number of esters is 1. The number of aromatic amines is 1. The first-order valence-electron chi connectivity index (χ1n) is 7.87. The van der Waals surface area contributed by atoms with Gasteiger partial charge >= 0.3 is 5.97 Å². The first kappa shape index (κ1) is 16.2. The van der Waals surface area contributed by atoms with Crippen LogP contribution >= 0.6 is 0 Å². The first-order valence-corrected chi connectivity index (χ1v) is 7.87. The number of hydrogen-bond acceptors (Lipinski definition) is 5. The number of nitrogens with zero attached hydrogens (tertiary/aromatic N) is 1. The number of carbonyl (C=O) groups is 1. The van der Waals surface area contributed by atoms with E-state index in [1.807, 2.05) is 18.2 Å². The van der Waals surface area contributed by atoms with Gasteiger partial charge in [-0.25, -0.2) is 0 Å². The number of rotatable bonds is 6. The first-order chi connectivity index (χ1) is 11.6. The maximum absolute atomic E-state index is 12.0. The van der Waals surface area contributed by atoms with Crippen molar-refractivity contribution in [3.8, 4) is 11.5 Å². The molecule has 1 unspecified atom stereocenters. The Bertz CT molecular complexity index is 793. The van der Waals surface area contributed by atoms with Crippen LogP contribution in [0.15, 0.2) is 29.1 Å². The molecule has 0 saturated carbocycles. The Balaban J connectivity index is 1.86. The van der Waals surface area contributed by atoms with Crippen LogP contribution in [0, 0.1) is 0 Å². The van der Waals surface area contributed by atoms with Crippen molar-refractivity contribution in [2.75, 3.05) is 13.4 Å². The van der Waals surface area contributed by atoms with Gasteiger partial charge in [-0.3, -0.25) is 19.4 Å². The number of aromatic nitrogens is 2. The average molecular weight is 332 g/mol. The summed E-state index contributed by atoms with van der Waals surface area (Å²) >= 11 is 0. The van der Waals surface area contributed by atoms with Crippen LogP contribution in [0.5, 0.6) is 11.5 Å². The van der Waals surface area contributed by atoms with E-state index < -0.39 is 0 Å². The van der Waals surface area contributed by atoms with E-state index in [4.69, 9.17) is 14.2 Å². The minimum Gasteiger partial charge on any atom is -0.466 e. The lowest BCUT2D eigenvalue weighted by atomic mass is 9.91. The maximum Gasteiger partial charge on any atom is 0.306 e. The molecule has 2 heterocycles. The van der Waals surface area contributed by atoms with E-state index in [0.29, 0.717) is 24.5 Å². The number of H-pyrrole nitrogens is 1. The molecule has 3 rings (SSSR count). The van der Waals surface area contributed by atoms with Gasteiger partial charge in [0.2, 0.25) is 6.79 Å². The van der Waals surface area contributed by atoms with Crippen LogP contribution in [-0.2, 0) is 23.0 Å². The fourth-order valence-electron chi connectivity index (χ4n) is 2.81. The van der Waals surface area contributed by atoms with Crippen LogP contribution < -0.4 is 15.0 Å². The molecule has 0 aliphatic carbocycles. The Hall–Kier alpha value is -2.70. The fourth-order valence-corrected chi connectivity index (χ4v) is 2.81. The van der Waals surface area contributed by atoms with Gasteiger partial charge < -0.3 is 14.2 Å². The summed E-state index contributed by atoms with van der Waals surface area (Å²) in [5, 5.41) is 3.00. The summed E-state index contributed by atoms with van der Waals surface area (Å²) in [5.41, 5.74) is 1.61. The normalized spacial score (nSPS) is 13.8. The van der Waals surface area contributed by atoms with Crippen LogP contribution in [-0.4, -0.2) is 29.1 Å². The monoisotopic (exact) mass is 332 g/mol. The molecule has 7 heteroatoms. The van der Waals surface area contributed by atoms with E-state index in [1.165, 1.54) is 4.68 Å². The lowest BCUT2D eigenvalue weighted by molar-refractivity contribution is -0.143. The van der Waals surface area contributed by atoms with Crippen molar-refractivity contribution in [2.24, 2.45) is 7.05 Å². The highest BCUT2D eigenvalue weighted by atomic mass is 16.7. The molecule has 0 amide bonds. The zero-order valence-electron chi connectivity index (χ0n) is 13.7. The molecule has 1 aromatic heterocycles. The summed E-state index contributed by atoms with van der Waals surface area (Å²) in [4.78, 5) is 23.6. The van der Waals surface area contributed by atoms with Gasteiger partial charge in [-0.15, -0.1) is 0 Å². The van der Waals surface area contributed by atoms with Crippen LogP contribution in [0.3, 0.4) is 0 Å². The Morgan fingerprint density at radius 3 is 2.83 bits per heavy atom. The molecule has 0 bridgehead atoms. The van der Waals surface area contributed by atoms with Crippen molar-refractivity contribution in [2.45, 2.75) is 25.7 Å². The summed E-state index contributed by atoms with van der Waals surface area (Å²) in [7, 11) is 1.66. The van der Waals surface area contributed by atoms with Gasteiger partial charge in [0.05, 0.1) is 13.0 Å². The molecular weight excluding hydrogens is 312 g/mol. The topological polar surface area (TPSA) is 82.6 Å². The molecule has 0 fully saturated rings. The molecule has 1 aromatic carbocycles. The number of nitrogens with one attached hydrogen (secondary N) is 1. The van der Waals surface area contributed by atoms with Crippen LogP contribution in [0.1, 0.15) is 30.5 Å². The van der Waals surface area contributed by atoms with Gasteiger partial charge in [0.15, 0.2) is 11.5 Å². The fraction of sp³-hybridized carbons (Fsp3) is 0.412. The molecule has 1 aliphatic heterocycles. The van der Waals surface area contributed by atoms with Gasteiger partial charge in [-0.2, -0.15) is 0 Å². The Labute approximate surface area is 139 Å². The molecule has 7 nitrogen and oxygen atoms in total. The zero-order valence-corrected chi connectivity index (χ0v) is 13.7. The maximum atomic E-state index is 12.0. The number of ether oxygens (including phenoxy) is 3. The van der Waals surface area contributed by atoms with Crippen molar-refractivity contribution < 1.29 is 19.0 Å². The van der Waals surface area contributed by atoms with Crippen molar-refractivity contribution in [3.05, 3.63) is 45.9 Å². The molecule has 1 atom stereocenters. The average Bonchev–Trinajstić information content (AvgIpc) is 3.13. The van der Waals surface area contributed by atoms with Gasteiger partial charge in [0.25, 0.3) is 5.56 Å². The van der Waals surface area contributed by atoms with E-state index in [9.17, 15) is 9.59 Å². The number of benzene rings is 1. The molecule has 0 radical (unpaired) electrons. The van der Waals surface area contributed by atoms with Crippen LogP contribution in [0.2, 0.25) is 0 Å². The molecular formula is C17H20N2O5. The summed E-state index contributed by atoms with van der Waals surface area (Å²) < 4.78 is 17.2. The summed E-state index contributed by atoms with van der Waals surface area (Å²) in [5.74, 6) is 0.972. The quantitative estimate of drug-likeness (QED) is 0.815. The molecule has 0 saturated heterocycles. The third kappa shape index (κ3) is 3.45.